The number of benzene rings is 1. The standard InChI is InChI=1S/C12H11ClN2O4S/c1-2-18-11(17)15-10(16)6-20-12-14-8-4-3-7(13)5-9(8)19-12/h3-5H,2,6H2,1H3,(H,15,16,17). The first-order valence-corrected chi connectivity index (χ1v) is 7.10. The number of carbonyl (C=O) groups excluding carboxylic acids is 2. The summed E-state index contributed by atoms with van der Waals surface area (Å²) in [6.07, 6.45) is -0.762. The number of ether oxygens (including phenoxy) is 1. The zero-order chi connectivity index (χ0) is 14.5. The Morgan fingerprint density at radius 3 is 3.05 bits per heavy atom. The van der Waals surface area contributed by atoms with Gasteiger partial charge in [0.15, 0.2) is 5.58 Å². The third-order valence-electron chi connectivity index (χ3n) is 2.17. The third-order valence-corrected chi connectivity index (χ3v) is 3.24. The average Bonchev–Trinajstić information content (AvgIpc) is 2.78. The van der Waals surface area contributed by atoms with Gasteiger partial charge in [0.25, 0.3) is 5.22 Å². The lowest BCUT2D eigenvalue weighted by molar-refractivity contribution is -0.117. The van der Waals surface area contributed by atoms with Gasteiger partial charge in [-0.2, -0.15) is 0 Å². The fraction of sp³-hybridized carbons (Fsp3) is 0.250. The fourth-order valence-corrected chi connectivity index (χ4v) is 2.18. The van der Waals surface area contributed by atoms with E-state index in [-0.39, 0.29) is 12.4 Å². The predicted molar refractivity (Wildman–Crippen MR) is 74.9 cm³/mol. The Balaban J connectivity index is 1.92. The molecule has 1 N–H and O–H groups in total. The molecule has 6 nitrogen and oxygen atoms in total. The number of thioether (sulfide) groups is 1. The number of carbonyl (C=O) groups is 2. The molecule has 0 bridgehead atoms. The largest absolute Gasteiger partial charge is 0.450 e. The van der Waals surface area contributed by atoms with Crippen molar-refractivity contribution in [1.29, 1.82) is 0 Å². The smallest absolute Gasteiger partial charge is 0.413 e. The maximum absolute atomic E-state index is 11.4. The highest BCUT2D eigenvalue weighted by Gasteiger charge is 2.12. The van der Waals surface area contributed by atoms with Crippen LogP contribution in [-0.4, -0.2) is 29.3 Å². The minimum absolute atomic E-state index is 0.000627. The van der Waals surface area contributed by atoms with E-state index >= 15 is 0 Å². The number of amides is 2. The molecule has 0 aliphatic heterocycles. The highest BCUT2D eigenvalue weighted by atomic mass is 35.5. The van der Waals surface area contributed by atoms with Crippen LogP contribution < -0.4 is 5.32 Å². The molecule has 0 unspecified atom stereocenters. The van der Waals surface area contributed by atoms with Crippen LogP contribution >= 0.6 is 23.4 Å². The maximum atomic E-state index is 11.4. The van der Waals surface area contributed by atoms with E-state index in [0.29, 0.717) is 21.3 Å². The summed E-state index contributed by atoms with van der Waals surface area (Å²) in [5.41, 5.74) is 1.20. The summed E-state index contributed by atoms with van der Waals surface area (Å²) < 4.78 is 10.0. The molecule has 2 amide bonds. The Bertz CT molecular complexity index is 643. The van der Waals surface area contributed by atoms with Crippen LogP contribution in [0.5, 0.6) is 0 Å². The topological polar surface area (TPSA) is 81.4 Å². The molecule has 1 aromatic carbocycles. The van der Waals surface area contributed by atoms with Gasteiger partial charge in [-0.05, 0) is 19.1 Å². The molecule has 0 aliphatic rings. The number of oxazole rings is 1. The Labute approximate surface area is 123 Å². The van der Waals surface area contributed by atoms with Crippen molar-refractivity contribution in [3.8, 4) is 0 Å². The lowest BCUT2D eigenvalue weighted by atomic mass is 10.3. The zero-order valence-corrected chi connectivity index (χ0v) is 12.1. The van der Waals surface area contributed by atoms with Crippen LogP contribution in [0.1, 0.15) is 6.92 Å². The summed E-state index contributed by atoms with van der Waals surface area (Å²) in [6.45, 7) is 1.86. The quantitative estimate of drug-likeness (QED) is 0.874. The summed E-state index contributed by atoms with van der Waals surface area (Å²) in [4.78, 5) is 26.7. The monoisotopic (exact) mass is 314 g/mol. The molecular weight excluding hydrogens is 304 g/mol. The minimum Gasteiger partial charge on any atom is -0.450 e. The lowest BCUT2D eigenvalue weighted by Gasteiger charge is -2.02. The zero-order valence-electron chi connectivity index (χ0n) is 10.5. The average molecular weight is 315 g/mol. The van der Waals surface area contributed by atoms with Crippen molar-refractivity contribution in [2.24, 2.45) is 0 Å². The molecular formula is C12H11ClN2O4S. The van der Waals surface area contributed by atoms with Crippen molar-refractivity contribution in [1.82, 2.24) is 10.3 Å². The van der Waals surface area contributed by atoms with Crippen LogP contribution in [0, 0.1) is 0 Å². The van der Waals surface area contributed by atoms with E-state index in [0.717, 1.165) is 11.8 Å². The van der Waals surface area contributed by atoms with Crippen molar-refractivity contribution in [2.45, 2.75) is 12.1 Å². The van der Waals surface area contributed by atoms with Gasteiger partial charge in [-0.15, -0.1) is 0 Å². The van der Waals surface area contributed by atoms with E-state index in [1.165, 1.54) is 0 Å². The van der Waals surface area contributed by atoms with Gasteiger partial charge in [0, 0.05) is 11.1 Å². The van der Waals surface area contributed by atoms with Gasteiger partial charge in [0.2, 0.25) is 5.91 Å². The normalized spacial score (nSPS) is 10.5. The summed E-state index contributed by atoms with van der Waals surface area (Å²) in [6, 6.07) is 5.07. The van der Waals surface area contributed by atoms with E-state index in [4.69, 9.17) is 16.0 Å². The van der Waals surface area contributed by atoms with Crippen molar-refractivity contribution in [3.63, 3.8) is 0 Å². The van der Waals surface area contributed by atoms with Crippen molar-refractivity contribution in [3.05, 3.63) is 23.2 Å². The molecule has 2 rings (SSSR count). The Kier molecular flexibility index (Phi) is 4.86. The Hall–Kier alpha value is -1.73. The number of rotatable bonds is 4. The fourth-order valence-electron chi connectivity index (χ4n) is 1.38. The van der Waals surface area contributed by atoms with Gasteiger partial charge in [-0.3, -0.25) is 10.1 Å². The molecule has 0 radical (unpaired) electrons. The third kappa shape index (κ3) is 3.88. The Morgan fingerprint density at radius 1 is 1.50 bits per heavy atom. The highest BCUT2D eigenvalue weighted by molar-refractivity contribution is 7.99. The van der Waals surface area contributed by atoms with Crippen molar-refractivity contribution in [2.75, 3.05) is 12.4 Å². The molecule has 8 heteroatoms. The summed E-state index contributed by atoms with van der Waals surface area (Å²) >= 11 is 6.91. The molecule has 2 aromatic rings. The van der Waals surface area contributed by atoms with Gasteiger partial charge in [-0.25, -0.2) is 9.78 Å². The molecule has 0 atom stereocenters. The number of hydrogen-bond acceptors (Lipinski definition) is 6. The first-order chi connectivity index (χ1) is 9.58. The van der Waals surface area contributed by atoms with Crippen molar-refractivity contribution < 1.29 is 18.7 Å². The molecule has 0 spiro atoms. The van der Waals surface area contributed by atoms with Crippen LogP contribution in [0.15, 0.2) is 27.8 Å². The van der Waals surface area contributed by atoms with E-state index in [1.807, 2.05) is 0 Å². The number of nitrogens with one attached hydrogen (secondary N) is 1. The maximum Gasteiger partial charge on any atom is 0.413 e. The van der Waals surface area contributed by atoms with Crippen LogP contribution in [0.2, 0.25) is 5.02 Å². The highest BCUT2D eigenvalue weighted by Crippen LogP contribution is 2.25. The first kappa shape index (κ1) is 14.7. The van der Waals surface area contributed by atoms with Gasteiger partial charge in [0.1, 0.15) is 5.52 Å². The second kappa shape index (κ2) is 6.62. The number of alkyl carbamates (subject to hydrolysis) is 1. The molecule has 106 valence electrons. The second-order valence-electron chi connectivity index (χ2n) is 3.65. The molecule has 0 saturated heterocycles. The summed E-state index contributed by atoms with van der Waals surface area (Å²) in [5, 5.41) is 2.96. The van der Waals surface area contributed by atoms with Crippen LogP contribution in [0.3, 0.4) is 0 Å². The second-order valence-corrected chi connectivity index (χ2v) is 5.01. The minimum atomic E-state index is -0.762. The van der Waals surface area contributed by atoms with E-state index in [2.05, 4.69) is 15.0 Å². The molecule has 0 aliphatic carbocycles. The van der Waals surface area contributed by atoms with Crippen LogP contribution in [0.4, 0.5) is 4.79 Å². The number of fused-ring (bicyclic) bond motifs is 1. The van der Waals surface area contributed by atoms with E-state index in [1.54, 1.807) is 25.1 Å². The molecule has 0 fully saturated rings. The number of nitrogens with zero attached hydrogens (tertiary/aromatic N) is 1. The number of hydrogen-bond donors (Lipinski definition) is 1. The van der Waals surface area contributed by atoms with E-state index in [9.17, 15) is 9.59 Å². The summed E-state index contributed by atoms with van der Waals surface area (Å²) in [7, 11) is 0. The summed E-state index contributed by atoms with van der Waals surface area (Å²) in [5.74, 6) is -0.479. The number of aromatic nitrogens is 1. The van der Waals surface area contributed by atoms with Crippen molar-refractivity contribution >= 4 is 46.5 Å². The predicted octanol–water partition coefficient (Wildman–Crippen LogP) is 2.85. The number of imide groups is 1. The number of halogens is 1. The van der Waals surface area contributed by atoms with Gasteiger partial charge < -0.3 is 9.15 Å². The Morgan fingerprint density at radius 2 is 2.30 bits per heavy atom. The first-order valence-electron chi connectivity index (χ1n) is 5.74. The van der Waals surface area contributed by atoms with Crippen LogP contribution in [0.25, 0.3) is 11.1 Å². The van der Waals surface area contributed by atoms with E-state index < -0.39 is 12.0 Å². The molecule has 0 saturated carbocycles. The molecule has 20 heavy (non-hydrogen) atoms. The molecule has 1 aromatic heterocycles. The lowest BCUT2D eigenvalue weighted by Crippen LogP contribution is -2.32. The van der Waals surface area contributed by atoms with Gasteiger partial charge in [0.05, 0.1) is 12.4 Å². The van der Waals surface area contributed by atoms with Crippen LogP contribution in [-0.2, 0) is 9.53 Å². The molecule has 1 heterocycles. The SMILES string of the molecule is CCOC(=O)NC(=O)CSc1nc2ccc(Cl)cc2o1. The van der Waals surface area contributed by atoms with Gasteiger partial charge in [-0.1, -0.05) is 23.4 Å². The van der Waals surface area contributed by atoms with Gasteiger partial charge >= 0.3 is 6.09 Å².